The maximum Gasteiger partial charge on any atom is 0.0894 e. The maximum atomic E-state index is 4.39. The van der Waals surface area contributed by atoms with Gasteiger partial charge in [0.05, 0.1) is 36.0 Å². The van der Waals surface area contributed by atoms with Gasteiger partial charge in [0.2, 0.25) is 0 Å². The van der Waals surface area contributed by atoms with E-state index in [1.54, 1.807) is 10.9 Å². The molecule has 0 aliphatic carbocycles. The van der Waals surface area contributed by atoms with Gasteiger partial charge in [0.15, 0.2) is 0 Å². The number of pyridine rings is 1. The van der Waals surface area contributed by atoms with Gasteiger partial charge in [0.1, 0.15) is 0 Å². The van der Waals surface area contributed by atoms with Crippen molar-refractivity contribution in [1.29, 1.82) is 0 Å². The number of rotatable bonds is 4. The Morgan fingerprint density at radius 1 is 1.15 bits per heavy atom. The van der Waals surface area contributed by atoms with Crippen molar-refractivity contribution in [3.8, 4) is 5.69 Å². The number of nitrogens with zero attached hydrogens (tertiary/aromatic N) is 4. The zero-order valence-corrected chi connectivity index (χ0v) is 11.2. The topological polar surface area (TPSA) is 55.6 Å². The molecule has 0 saturated heterocycles. The minimum Gasteiger partial charge on any atom is -0.378 e. The van der Waals surface area contributed by atoms with Gasteiger partial charge >= 0.3 is 0 Å². The molecule has 0 aliphatic rings. The van der Waals surface area contributed by atoms with E-state index in [0.29, 0.717) is 6.54 Å². The van der Waals surface area contributed by atoms with E-state index in [2.05, 4.69) is 26.7 Å². The fraction of sp³-hybridized carbons (Fsp3) is 0.133. The number of hydrogen-bond acceptors (Lipinski definition) is 4. The van der Waals surface area contributed by atoms with Crippen LogP contribution in [0.4, 0.5) is 5.69 Å². The number of anilines is 1. The first kappa shape index (κ1) is 12.3. The number of aromatic nitrogens is 4. The Hall–Kier alpha value is -2.69. The molecule has 3 aromatic rings. The summed E-state index contributed by atoms with van der Waals surface area (Å²) in [5.41, 5.74) is 4.14. The van der Waals surface area contributed by atoms with Crippen molar-refractivity contribution in [2.75, 3.05) is 5.32 Å². The van der Waals surface area contributed by atoms with Crippen molar-refractivity contribution in [2.45, 2.75) is 13.5 Å². The lowest BCUT2D eigenvalue weighted by atomic mass is 10.2. The van der Waals surface area contributed by atoms with E-state index in [-0.39, 0.29) is 0 Å². The van der Waals surface area contributed by atoms with Crippen LogP contribution in [-0.2, 0) is 6.54 Å². The minimum atomic E-state index is 0.673. The second-order valence-corrected chi connectivity index (χ2v) is 4.55. The van der Waals surface area contributed by atoms with Crippen molar-refractivity contribution in [3.05, 3.63) is 66.2 Å². The molecule has 0 radical (unpaired) electrons. The molecule has 20 heavy (non-hydrogen) atoms. The Bertz CT molecular complexity index is 674. The van der Waals surface area contributed by atoms with Crippen LogP contribution in [-0.4, -0.2) is 20.0 Å². The number of aryl methyl sites for hydroxylation is 1. The van der Waals surface area contributed by atoms with Crippen LogP contribution in [0.15, 0.2) is 55.0 Å². The summed E-state index contributed by atoms with van der Waals surface area (Å²) in [7, 11) is 0. The van der Waals surface area contributed by atoms with Crippen molar-refractivity contribution < 1.29 is 0 Å². The predicted molar refractivity (Wildman–Crippen MR) is 77.7 cm³/mol. The minimum absolute atomic E-state index is 0.673. The Kier molecular flexibility index (Phi) is 3.41. The molecule has 1 aromatic carbocycles. The summed E-state index contributed by atoms with van der Waals surface area (Å²) in [5, 5.41) is 11.3. The molecule has 1 N–H and O–H groups in total. The first-order valence-corrected chi connectivity index (χ1v) is 6.44. The van der Waals surface area contributed by atoms with Crippen molar-refractivity contribution in [1.82, 2.24) is 20.0 Å². The van der Waals surface area contributed by atoms with Crippen LogP contribution in [0, 0.1) is 6.92 Å². The lowest BCUT2D eigenvalue weighted by Gasteiger charge is -2.11. The molecule has 0 unspecified atom stereocenters. The van der Waals surface area contributed by atoms with Gasteiger partial charge in [-0.3, -0.25) is 4.98 Å². The first-order valence-electron chi connectivity index (χ1n) is 6.44. The van der Waals surface area contributed by atoms with Crippen LogP contribution in [0.1, 0.15) is 11.3 Å². The summed E-state index contributed by atoms with van der Waals surface area (Å²) in [6.07, 6.45) is 5.36. The largest absolute Gasteiger partial charge is 0.378 e. The number of nitrogens with one attached hydrogen (secondary N) is 1. The predicted octanol–water partition coefficient (Wildman–Crippen LogP) is 2.58. The molecule has 0 saturated carbocycles. The Morgan fingerprint density at radius 2 is 2.05 bits per heavy atom. The van der Waals surface area contributed by atoms with Gasteiger partial charge in [-0.1, -0.05) is 23.4 Å². The normalized spacial score (nSPS) is 10.4. The lowest BCUT2D eigenvalue weighted by molar-refractivity contribution is 0.803. The molecule has 0 amide bonds. The number of hydrogen-bond donors (Lipinski definition) is 1. The average Bonchev–Trinajstić information content (AvgIpc) is 3.01. The SMILES string of the molecule is Cc1ccc(CNc2ccccc2-n2ccnn2)nc1. The molecule has 3 rings (SSSR count). The summed E-state index contributed by atoms with van der Waals surface area (Å²) in [6, 6.07) is 12.1. The van der Waals surface area contributed by atoms with Crippen LogP contribution in [0.5, 0.6) is 0 Å². The molecule has 0 aliphatic heterocycles. The Labute approximate surface area is 117 Å². The van der Waals surface area contributed by atoms with Gasteiger partial charge in [-0.25, -0.2) is 4.68 Å². The second-order valence-electron chi connectivity index (χ2n) is 4.55. The highest BCUT2D eigenvalue weighted by molar-refractivity contribution is 5.60. The molecular formula is C15H15N5. The molecule has 0 bridgehead atoms. The van der Waals surface area contributed by atoms with Gasteiger partial charge in [-0.2, -0.15) is 0 Å². The maximum absolute atomic E-state index is 4.39. The van der Waals surface area contributed by atoms with E-state index in [0.717, 1.165) is 22.6 Å². The Balaban J connectivity index is 1.79. The van der Waals surface area contributed by atoms with E-state index in [1.807, 2.05) is 49.6 Å². The van der Waals surface area contributed by atoms with Gasteiger partial charge < -0.3 is 5.32 Å². The molecule has 5 nitrogen and oxygen atoms in total. The highest BCUT2D eigenvalue weighted by Crippen LogP contribution is 2.19. The van der Waals surface area contributed by atoms with Gasteiger partial charge in [0, 0.05) is 6.20 Å². The first-order chi connectivity index (χ1) is 9.83. The monoisotopic (exact) mass is 265 g/mol. The zero-order valence-electron chi connectivity index (χ0n) is 11.2. The molecule has 0 atom stereocenters. The summed E-state index contributed by atoms with van der Waals surface area (Å²) in [4.78, 5) is 4.39. The van der Waals surface area contributed by atoms with Crippen molar-refractivity contribution in [3.63, 3.8) is 0 Å². The molecule has 100 valence electrons. The average molecular weight is 265 g/mol. The van der Waals surface area contributed by atoms with Crippen LogP contribution in [0.3, 0.4) is 0 Å². The van der Waals surface area contributed by atoms with E-state index in [9.17, 15) is 0 Å². The lowest BCUT2D eigenvalue weighted by Crippen LogP contribution is -2.06. The van der Waals surface area contributed by atoms with Crippen molar-refractivity contribution in [2.24, 2.45) is 0 Å². The summed E-state index contributed by atoms with van der Waals surface area (Å²) in [6.45, 7) is 2.70. The van der Waals surface area contributed by atoms with Crippen LogP contribution < -0.4 is 5.32 Å². The van der Waals surface area contributed by atoms with E-state index >= 15 is 0 Å². The van der Waals surface area contributed by atoms with Gasteiger partial charge in [-0.15, -0.1) is 5.10 Å². The number of para-hydroxylation sites is 2. The zero-order chi connectivity index (χ0) is 13.8. The highest BCUT2D eigenvalue weighted by Gasteiger charge is 2.04. The fourth-order valence-corrected chi connectivity index (χ4v) is 1.95. The summed E-state index contributed by atoms with van der Waals surface area (Å²) < 4.78 is 1.74. The quantitative estimate of drug-likeness (QED) is 0.787. The van der Waals surface area contributed by atoms with E-state index < -0.39 is 0 Å². The number of benzene rings is 1. The van der Waals surface area contributed by atoms with Crippen molar-refractivity contribution >= 4 is 5.69 Å². The summed E-state index contributed by atoms with van der Waals surface area (Å²) >= 11 is 0. The third-order valence-electron chi connectivity index (χ3n) is 3.01. The van der Waals surface area contributed by atoms with E-state index in [1.165, 1.54) is 0 Å². The van der Waals surface area contributed by atoms with Crippen LogP contribution >= 0.6 is 0 Å². The third-order valence-corrected chi connectivity index (χ3v) is 3.01. The smallest absolute Gasteiger partial charge is 0.0894 e. The highest BCUT2D eigenvalue weighted by atomic mass is 15.4. The molecular weight excluding hydrogens is 250 g/mol. The second kappa shape index (κ2) is 5.52. The molecule has 0 fully saturated rings. The van der Waals surface area contributed by atoms with E-state index in [4.69, 9.17) is 0 Å². The Morgan fingerprint density at radius 3 is 2.80 bits per heavy atom. The molecule has 2 heterocycles. The molecule has 2 aromatic heterocycles. The van der Waals surface area contributed by atoms with Crippen LogP contribution in [0.2, 0.25) is 0 Å². The molecule has 0 spiro atoms. The third kappa shape index (κ3) is 2.66. The fourth-order valence-electron chi connectivity index (χ4n) is 1.95. The summed E-state index contributed by atoms with van der Waals surface area (Å²) in [5.74, 6) is 0. The van der Waals surface area contributed by atoms with Gasteiger partial charge in [-0.05, 0) is 30.7 Å². The van der Waals surface area contributed by atoms with Gasteiger partial charge in [0.25, 0.3) is 0 Å². The van der Waals surface area contributed by atoms with Crippen LogP contribution in [0.25, 0.3) is 5.69 Å². The standard InChI is InChI=1S/C15H15N5/c1-12-6-7-13(16-10-12)11-17-14-4-2-3-5-15(14)20-9-8-18-19-20/h2-10,17H,11H2,1H3. The molecule has 5 heteroatoms.